The molecule has 0 bridgehead atoms. The molecule has 0 saturated heterocycles. The molecule has 0 radical (unpaired) electrons. The number of nitrogens with two attached hydrogens (primary N) is 1. The fourth-order valence-corrected chi connectivity index (χ4v) is 1.87. The number of benzene rings is 1. The van der Waals surface area contributed by atoms with Crippen molar-refractivity contribution in [3.8, 4) is 0 Å². The molecule has 0 saturated carbocycles. The maximum atomic E-state index is 12.5. The topological polar surface area (TPSA) is 29.3 Å². The molecule has 0 aliphatic heterocycles. The zero-order valence-corrected chi connectivity index (χ0v) is 10.0. The Labute approximate surface area is 99.2 Å². The number of hydrogen-bond donors (Lipinski definition) is 1. The van der Waals surface area contributed by atoms with Crippen molar-refractivity contribution >= 4 is 11.4 Å². The molecular weight excluding hydrogens is 229 g/mol. The van der Waals surface area contributed by atoms with Crippen LogP contribution in [0.5, 0.6) is 0 Å². The Morgan fingerprint density at radius 2 is 1.94 bits per heavy atom. The summed E-state index contributed by atoms with van der Waals surface area (Å²) in [4.78, 5) is 1.30. The summed E-state index contributed by atoms with van der Waals surface area (Å²) >= 11 is 0. The Balaban J connectivity index is 3.05. The second kappa shape index (κ2) is 5.29. The van der Waals surface area contributed by atoms with Crippen molar-refractivity contribution in [2.24, 2.45) is 0 Å². The average Bonchev–Trinajstić information content (AvgIpc) is 2.15. The van der Waals surface area contributed by atoms with E-state index < -0.39 is 12.7 Å². The van der Waals surface area contributed by atoms with Gasteiger partial charge in [0, 0.05) is 6.54 Å². The summed E-state index contributed by atoms with van der Waals surface area (Å²) in [6, 6.07) is 5.14. The van der Waals surface area contributed by atoms with E-state index in [4.69, 9.17) is 5.73 Å². The molecule has 0 fully saturated rings. The number of nitrogen functional groups attached to an aromatic ring is 1. The van der Waals surface area contributed by atoms with Gasteiger partial charge in [-0.2, -0.15) is 13.2 Å². The highest BCUT2D eigenvalue weighted by molar-refractivity contribution is 5.71. The third-order valence-electron chi connectivity index (χ3n) is 2.45. The number of para-hydroxylation sites is 1. The van der Waals surface area contributed by atoms with Crippen LogP contribution in [0.4, 0.5) is 24.5 Å². The van der Waals surface area contributed by atoms with Crippen LogP contribution in [0.1, 0.15) is 18.9 Å². The molecule has 0 aliphatic carbocycles. The molecule has 5 heteroatoms. The molecule has 17 heavy (non-hydrogen) atoms. The van der Waals surface area contributed by atoms with E-state index in [1.807, 2.05) is 6.92 Å². The summed E-state index contributed by atoms with van der Waals surface area (Å²) in [5.41, 5.74) is 7.41. The normalized spacial score (nSPS) is 11.6. The third-order valence-corrected chi connectivity index (χ3v) is 2.45. The number of alkyl halides is 3. The van der Waals surface area contributed by atoms with Crippen molar-refractivity contribution in [3.63, 3.8) is 0 Å². The predicted molar refractivity (Wildman–Crippen MR) is 64.2 cm³/mol. The fourth-order valence-electron chi connectivity index (χ4n) is 1.87. The average molecular weight is 246 g/mol. The highest BCUT2D eigenvalue weighted by Crippen LogP contribution is 2.30. The minimum atomic E-state index is -4.22. The summed E-state index contributed by atoms with van der Waals surface area (Å²) in [5, 5.41) is 0. The van der Waals surface area contributed by atoms with Crippen LogP contribution >= 0.6 is 0 Å². The summed E-state index contributed by atoms with van der Waals surface area (Å²) in [6.07, 6.45) is -3.58. The lowest BCUT2D eigenvalue weighted by molar-refractivity contribution is -0.119. The molecule has 0 unspecified atom stereocenters. The zero-order chi connectivity index (χ0) is 13.1. The first-order valence-corrected chi connectivity index (χ1v) is 5.52. The number of anilines is 2. The molecule has 0 heterocycles. The maximum absolute atomic E-state index is 12.5. The van der Waals surface area contributed by atoms with Crippen LogP contribution in [0.2, 0.25) is 0 Å². The molecule has 0 atom stereocenters. The molecule has 96 valence electrons. The SMILES string of the molecule is CCCN(CC(F)(F)F)c1c(C)cccc1N. The van der Waals surface area contributed by atoms with E-state index in [9.17, 15) is 13.2 Å². The van der Waals surface area contributed by atoms with E-state index in [1.54, 1.807) is 25.1 Å². The van der Waals surface area contributed by atoms with E-state index in [-0.39, 0.29) is 0 Å². The molecule has 0 spiro atoms. The summed E-state index contributed by atoms with van der Waals surface area (Å²) in [5.74, 6) is 0. The Kier molecular flexibility index (Phi) is 4.26. The van der Waals surface area contributed by atoms with E-state index in [0.717, 1.165) is 5.56 Å². The van der Waals surface area contributed by atoms with Crippen LogP contribution in [0.15, 0.2) is 18.2 Å². The van der Waals surface area contributed by atoms with E-state index in [1.165, 1.54) is 4.90 Å². The Bertz CT molecular complexity index is 354. The quantitative estimate of drug-likeness (QED) is 0.825. The zero-order valence-electron chi connectivity index (χ0n) is 10.0. The monoisotopic (exact) mass is 246 g/mol. The first kappa shape index (κ1) is 13.7. The molecular formula is C12H17F3N2. The Morgan fingerprint density at radius 1 is 1.29 bits per heavy atom. The maximum Gasteiger partial charge on any atom is 0.405 e. The largest absolute Gasteiger partial charge is 0.405 e. The van der Waals surface area contributed by atoms with Crippen molar-refractivity contribution in [2.75, 3.05) is 23.7 Å². The lowest BCUT2D eigenvalue weighted by Gasteiger charge is -2.28. The lowest BCUT2D eigenvalue weighted by atomic mass is 10.1. The van der Waals surface area contributed by atoms with Crippen molar-refractivity contribution in [3.05, 3.63) is 23.8 Å². The third kappa shape index (κ3) is 3.84. The fraction of sp³-hybridized carbons (Fsp3) is 0.500. The van der Waals surface area contributed by atoms with Crippen LogP contribution in [-0.2, 0) is 0 Å². The minimum absolute atomic E-state index is 0.342. The van der Waals surface area contributed by atoms with Gasteiger partial charge in [0.15, 0.2) is 0 Å². The van der Waals surface area contributed by atoms with Gasteiger partial charge < -0.3 is 10.6 Å². The molecule has 1 rings (SSSR count). The number of rotatable bonds is 4. The summed E-state index contributed by atoms with van der Waals surface area (Å²) < 4.78 is 37.5. The summed E-state index contributed by atoms with van der Waals surface area (Å²) in [6.45, 7) is 2.99. The van der Waals surface area contributed by atoms with Crippen molar-refractivity contribution in [2.45, 2.75) is 26.4 Å². The Hall–Kier alpha value is -1.39. The molecule has 2 nitrogen and oxygen atoms in total. The van der Waals surface area contributed by atoms with Crippen molar-refractivity contribution in [1.82, 2.24) is 0 Å². The molecule has 0 aliphatic rings. The van der Waals surface area contributed by atoms with Crippen molar-refractivity contribution < 1.29 is 13.2 Å². The van der Waals surface area contributed by atoms with Gasteiger partial charge in [-0.25, -0.2) is 0 Å². The summed E-state index contributed by atoms with van der Waals surface area (Å²) in [7, 11) is 0. The van der Waals surface area contributed by atoms with E-state index in [2.05, 4.69) is 0 Å². The first-order valence-electron chi connectivity index (χ1n) is 5.52. The standard InChI is InChI=1S/C12H17F3N2/c1-3-7-17(8-12(13,14)15)11-9(2)5-4-6-10(11)16/h4-6H,3,7-8,16H2,1-2H3. The molecule has 1 aromatic carbocycles. The second-order valence-electron chi connectivity index (χ2n) is 4.05. The van der Waals surface area contributed by atoms with Gasteiger partial charge >= 0.3 is 6.18 Å². The van der Waals surface area contributed by atoms with Gasteiger partial charge in [0.05, 0.1) is 11.4 Å². The first-order chi connectivity index (χ1) is 7.85. The van der Waals surface area contributed by atoms with Crippen LogP contribution in [-0.4, -0.2) is 19.3 Å². The van der Waals surface area contributed by atoms with Crippen LogP contribution in [0.3, 0.4) is 0 Å². The second-order valence-corrected chi connectivity index (χ2v) is 4.05. The smallest absolute Gasteiger partial charge is 0.397 e. The number of halogens is 3. The van der Waals surface area contributed by atoms with Gasteiger partial charge in [-0.05, 0) is 25.0 Å². The van der Waals surface area contributed by atoms with Crippen LogP contribution < -0.4 is 10.6 Å². The number of nitrogens with zero attached hydrogens (tertiary/aromatic N) is 1. The number of aryl methyl sites for hydroxylation is 1. The number of hydrogen-bond acceptors (Lipinski definition) is 2. The van der Waals surface area contributed by atoms with Gasteiger partial charge in [0.1, 0.15) is 6.54 Å². The predicted octanol–water partition coefficient (Wildman–Crippen LogP) is 3.36. The highest BCUT2D eigenvalue weighted by Gasteiger charge is 2.31. The van der Waals surface area contributed by atoms with Crippen molar-refractivity contribution in [1.29, 1.82) is 0 Å². The molecule has 2 N–H and O–H groups in total. The van der Waals surface area contributed by atoms with Gasteiger partial charge in [0.25, 0.3) is 0 Å². The van der Waals surface area contributed by atoms with Gasteiger partial charge in [-0.1, -0.05) is 19.1 Å². The van der Waals surface area contributed by atoms with Gasteiger partial charge in [-0.3, -0.25) is 0 Å². The Morgan fingerprint density at radius 3 is 2.41 bits per heavy atom. The lowest BCUT2D eigenvalue weighted by Crippen LogP contribution is -2.35. The van der Waals surface area contributed by atoms with E-state index in [0.29, 0.717) is 24.3 Å². The van der Waals surface area contributed by atoms with Crippen LogP contribution in [0.25, 0.3) is 0 Å². The molecule has 0 amide bonds. The van der Waals surface area contributed by atoms with Gasteiger partial charge in [0.2, 0.25) is 0 Å². The minimum Gasteiger partial charge on any atom is -0.397 e. The molecule has 1 aromatic rings. The van der Waals surface area contributed by atoms with Crippen LogP contribution in [0, 0.1) is 6.92 Å². The van der Waals surface area contributed by atoms with Gasteiger partial charge in [-0.15, -0.1) is 0 Å². The molecule has 0 aromatic heterocycles. The van der Waals surface area contributed by atoms with E-state index >= 15 is 0 Å². The highest BCUT2D eigenvalue weighted by atomic mass is 19.4.